The Hall–Kier alpha value is -2.91. The smallest absolute Gasteiger partial charge is 0.351 e. The van der Waals surface area contributed by atoms with E-state index in [9.17, 15) is 18.0 Å². The van der Waals surface area contributed by atoms with Gasteiger partial charge in [0.05, 0.1) is 5.39 Å². The average Bonchev–Trinajstić information content (AvgIpc) is 3.31. The number of H-pyrrole nitrogens is 1. The van der Waals surface area contributed by atoms with Crippen LogP contribution in [0.3, 0.4) is 0 Å². The van der Waals surface area contributed by atoms with Crippen LogP contribution in [0.25, 0.3) is 11.0 Å². The van der Waals surface area contributed by atoms with E-state index >= 15 is 0 Å². The van der Waals surface area contributed by atoms with Gasteiger partial charge in [-0.2, -0.15) is 18.3 Å². The Balaban J connectivity index is 1.61. The lowest BCUT2D eigenvalue weighted by atomic mass is 10.0. The monoisotopic (exact) mass is 420 g/mol. The van der Waals surface area contributed by atoms with Crippen LogP contribution in [0.15, 0.2) is 18.6 Å². The minimum absolute atomic E-state index is 0.162. The molecule has 30 heavy (non-hydrogen) atoms. The molecule has 0 saturated carbocycles. The number of aromatic nitrogens is 5. The minimum atomic E-state index is -4.26. The van der Waals surface area contributed by atoms with Gasteiger partial charge in [0.1, 0.15) is 23.5 Å². The van der Waals surface area contributed by atoms with Crippen LogP contribution in [0.2, 0.25) is 0 Å². The van der Waals surface area contributed by atoms with Gasteiger partial charge in [0, 0.05) is 56.4 Å². The van der Waals surface area contributed by atoms with E-state index in [1.165, 1.54) is 6.33 Å². The fourth-order valence-electron chi connectivity index (χ4n) is 3.97. The van der Waals surface area contributed by atoms with Gasteiger partial charge < -0.3 is 9.88 Å². The summed E-state index contributed by atoms with van der Waals surface area (Å²) >= 11 is 0. The lowest BCUT2D eigenvalue weighted by Gasteiger charge is -2.29. The van der Waals surface area contributed by atoms with Crippen molar-refractivity contribution in [3.8, 4) is 0 Å². The second-order valence-corrected chi connectivity index (χ2v) is 7.50. The van der Waals surface area contributed by atoms with Crippen LogP contribution in [0.1, 0.15) is 54.4 Å². The lowest BCUT2D eigenvalue weighted by Crippen LogP contribution is -2.32. The van der Waals surface area contributed by atoms with E-state index in [1.54, 1.807) is 6.20 Å². The molecule has 1 aliphatic heterocycles. The van der Waals surface area contributed by atoms with Gasteiger partial charge in [0.15, 0.2) is 5.78 Å². The fraction of sp³-hybridized carbons (Fsp3) is 0.500. The molecule has 4 rings (SSSR count). The normalized spacial score (nSPS) is 14.3. The Bertz CT molecular complexity index is 1050. The van der Waals surface area contributed by atoms with Crippen LogP contribution in [0, 0.1) is 0 Å². The molecule has 0 unspecified atom stereocenters. The number of ketones is 1. The zero-order chi connectivity index (χ0) is 21.3. The van der Waals surface area contributed by atoms with Crippen LogP contribution >= 0.6 is 0 Å². The standard InChI is InChI=1S/C20H23F3N6O/c1-2-9-29-15-6-10-28(19-13-5-8-24-18(13)25-12-26-19)11-14(15)17(27-29)16(30)4-3-7-20(21,22)23/h5,8,12H,2-4,6-7,9-11H2,1H3,(H,24,25,26). The van der Waals surface area contributed by atoms with Gasteiger partial charge in [-0.3, -0.25) is 9.48 Å². The molecule has 0 aromatic carbocycles. The van der Waals surface area contributed by atoms with Crippen molar-refractivity contribution in [1.29, 1.82) is 0 Å². The van der Waals surface area contributed by atoms with Gasteiger partial charge in [-0.1, -0.05) is 6.92 Å². The number of alkyl halides is 3. The van der Waals surface area contributed by atoms with Crippen LogP contribution in [-0.2, 0) is 19.5 Å². The van der Waals surface area contributed by atoms with Crippen LogP contribution in [0.5, 0.6) is 0 Å². The molecule has 0 radical (unpaired) electrons. The van der Waals surface area contributed by atoms with Crippen LogP contribution < -0.4 is 4.90 Å². The van der Waals surface area contributed by atoms with Gasteiger partial charge in [-0.25, -0.2) is 9.97 Å². The first-order valence-corrected chi connectivity index (χ1v) is 10.1. The minimum Gasteiger partial charge on any atom is -0.351 e. The number of nitrogens with one attached hydrogen (secondary N) is 1. The van der Waals surface area contributed by atoms with Gasteiger partial charge >= 0.3 is 6.18 Å². The Morgan fingerprint density at radius 1 is 1.30 bits per heavy atom. The SMILES string of the molecule is CCCn1nc(C(=O)CCCC(F)(F)F)c2c1CCN(c1ncnc3[nH]ccc13)C2. The van der Waals surface area contributed by atoms with Crippen molar-refractivity contribution in [2.45, 2.75) is 58.3 Å². The largest absolute Gasteiger partial charge is 0.389 e. The summed E-state index contributed by atoms with van der Waals surface area (Å²) in [4.78, 5) is 26.5. The molecule has 1 N–H and O–H groups in total. The summed E-state index contributed by atoms with van der Waals surface area (Å²) in [6.45, 7) is 3.85. The number of hydrogen-bond donors (Lipinski definition) is 1. The molecule has 0 saturated heterocycles. The molecule has 3 aromatic rings. The van der Waals surface area contributed by atoms with Gasteiger partial charge in [-0.05, 0) is 18.9 Å². The molecule has 1 aliphatic rings. The molecule has 0 atom stereocenters. The summed E-state index contributed by atoms with van der Waals surface area (Å²) in [5.41, 5.74) is 2.82. The molecule has 0 spiro atoms. The quantitative estimate of drug-likeness (QED) is 0.584. The molecule has 160 valence electrons. The maximum absolute atomic E-state index is 12.7. The molecule has 4 heterocycles. The topological polar surface area (TPSA) is 79.7 Å². The van der Waals surface area contributed by atoms with Crippen LogP contribution in [-0.4, -0.2) is 43.2 Å². The molecular weight excluding hydrogens is 397 g/mol. The predicted octanol–water partition coefficient (Wildman–Crippen LogP) is 4.04. The Kier molecular flexibility index (Phi) is 5.48. The number of rotatable bonds is 7. The van der Waals surface area contributed by atoms with Gasteiger partial charge in [-0.15, -0.1) is 0 Å². The second-order valence-electron chi connectivity index (χ2n) is 7.50. The number of aryl methyl sites for hydroxylation is 1. The van der Waals surface area contributed by atoms with E-state index in [-0.39, 0.29) is 18.6 Å². The number of anilines is 1. The fourth-order valence-corrected chi connectivity index (χ4v) is 3.97. The van der Waals surface area contributed by atoms with E-state index in [4.69, 9.17) is 0 Å². The summed E-state index contributed by atoms with van der Waals surface area (Å²) in [6, 6.07) is 1.91. The maximum atomic E-state index is 12.7. The van der Waals surface area contributed by atoms with E-state index in [2.05, 4.69) is 25.0 Å². The average molecular weight is 420 g/mol. The molecule has 0 aliphatic carbocycles. The number of hydrogen-bond acceptors (Lipinski definition) is 5. The first-order chi connectivity index (χ1) is 14.4. The number of nitrogens with zero attached hydrogens (tertiary/aromatic N) is 5. The van der Waals surface area contributed by atoms with Crippen molar-refractivity contribution in [3.05, 3.63) is 35.5 Å². The Morgan fingerprint density at radius 2 is 2.13 bits per heavy atom. The predicted molar refractivity (Wildman–Crippen MR) is 105 cm³/mol. The van der Waals surface area contributed by atoms with Crippen LogP contribution in [0.4, 0.5) is 19.0 Å². The first-order valence-electron chi connectivity index (χ1n) is 10.1. The summed E-state index contributed by atoms with van der Waals surface area (Å²) in [6.07, 6.45) is -0.770. The lowest BCUT2D eigenvalue weighted by molar-refractivity contribution is -0.135. The summed E-state index contributed by atoms with van der Waals surface area (Å²) in [5, 5.41) is 5.39. The molecule has 0 bridgehead atoms. The zero-order valence-electron chi connectivity index (χ0n) is 16.7. The molecule has 10 heteroatoms. The summed E-state index contributed by atoms with van der Waals surface area (Å²) in [5.74, 6) is 0.437. The number of fused-ring (bicyclic) bond motifs is 2. The Labute approximate surface area is 171 Å². The number of aromatic amines is 1. The van der Waals surface area contributed by atoms with E-state index in [1.807, 2.05) is 17.7 Å². The Morgan fingerprint density at radius 3 is 2.90 bits per heavy atom. The molecule has 0 fully saturated rings. The van der Waals surface area contributed by atoms with Gasteiger partial charge in [0.25, 0.3) is 0 Å². The molecule has 0 amide bonds. The first kappa shape index (κ1) is 20.4. The maximum Gasteiger partial charge on any atom is 0.389 e. The van der Waals surface area contributed by atoms with E-state index < -0.39 is 12.6 Å². The highest BCUT2D eigenvalue weighted by Crippen LogP contribution is 2.31. The van der Waals surface area contributed by atoms with E-state index in [0.29, 0.717) is 31.7 Å². The van der Waals surface area contributed by atoms with Crippen molar-refractivity contribution < 1.29 is 18.0 Å². The van der Waals surface area contributed by atoms with Crippen molar-refractivity contribution in [2.24, 2.45) is 0 Å². The van der Waals surface area contributed by atoms with E-state index in [0.717, 1.165) is 34.5 Å². The highest BCUT2D eigenvalue weighted by Gasteiger charge is 2.31. The third kappa shape index (κ3) is 4.03. The zero-order valence-corrected chi connectivity index (χ0v) is 16.7. The van der Waals surface area contributed by atoms with Crippen molar-refractivity contribution in [3.63, 3.8) is 0 Å². The second kappa shape index (κ2) is 8.08. The number of halogens is 3. The summed E-state index contributed by atoms with van der Waals surface area (Å²) < 4.78 is 39.3. The highest BCUT2D eigenvalue weighted by molar-refractivity contribution is 5.96. The van der Waals surface area contributed by atoms with Gasteiger partial charge in [0.2, 0.25) is 0 Å². The number of Topliss-reactive ketones (excluding diaryl/α,β-unsaturated/α-hetero) is 1. The molecular formula is C20H23F3N6O. The molecule has 7 nitrogen and oxygen atoms in total. The third-order valence-electron chi connectivity index (χ3n) is 5.33. The third-order valence-corrected chi connectivity index (χ3v) is 5.33. The van der Waals surface area contributed by atoms with Crippen molar-refractivity contribution >= 4 is 22.6 Å². The number of carbonyl (C=O) groups excluding carboxylic acids is 1. The van der Waals surface area contributed by atoms with Crippen molar-refractivity contribution in [1.82, 2.24) is 24.7 Å². The number of carbonyl (C=O) groups is 1. The van der Waals surface area contributed by atoms with Crippen molar-refractivity contribution in [2.75, 3.05) is 11.4 Å². The highest BCUT2D eigenvalue weighted by atomic mass is 19.4. The summed E-state index contributed by atoms with van der Waals surface area (Å²) in [7, 11) is 0. The molecule has 3 aromatic heterocycles.